The van der Waals surface area contributed by atoms with E-state index in [0.717, 1.165) is 0 Å². The lowest BCUT2D eigenvalue weighted by Gasteiger charge is -2.23. The molecular weight excluding hydrogens is 282 g/mol. The summed E-state index contributed by atoms with van der Waals surface area (Å²) in [6, 6.07) is -0.632. The van der Waals surface area contributed by atoms with Gasteiger partial charge in [0, 0.05) is 39.6 Å². The van der Waals surface area contributed by atoms with Crippen molar-refractivity contribution in [3.8, 4) is 0 Å². The van der Waals surface area contributed by atoms with Gasteiger partial charge in [-0.1, -0.05) is 0 Å². The number of amides is 3. The maximum Gasteiger partial charge on any atom is 0.332 e. The second-order valence-electron chi connectivity index (χ2n) is 4.66. The minimum Gasteiger partial charge on any atom is -0.479 e. The van der Waals surface area contributed by atoms with Gasteiger partial charge >= 0.3 is 12.0 Å². The molecule has 0 spiro atoms. The zero-order valence-electron chi connectivity index (χ0n) is 11.9. The molecule has 9 nitrogen and oxygen atoms in total. The zero-order valence-corrected chi connectivity index (χ0v) is 11.9. The summed E-state index contributed by atoms with van der Waals surface area (Å²) in [5.74, 6) is -1.35. The van der Waals surface area contributed by atoms with Crippen LogP contribution in [0.1, 0.15) is 12.8 Å². The molecule has 1 atom stereocenters. The van der Waals surface area contributed by atoms with E-state index in [0.29, 0.717) is 13.2 Å². The zero-order chi connectivity index (χ0) is 15.7. The normalized spacial score (nSPS) is 20.8. The average molecular weight is 303 g/mol. The highest BCUT2D eigenvalue weighted by molar-refractivity contribution is 5.87. The number of carboxylic acids is 1. The molecule has 0 aromatic rings. The first-order valence-electron chi connectivity index (χ1n) is 6.63. The predicted molar refractivity (Wildman–Crippen MR) is 71.8 cm³/mol. The number of carboxylic acid groups (broad SMARTS) is 1. The van der Waals surface area contributed by atoms with Gasteiger partial charge in [-0.2, -0.15) is 0 Å². The molecule has 1 saturated heterocycles. The van der Waals surface area contributed by atoms with Crippen LogP contribution in [0.3, 0.4) is 0 Å². The summed E-state index contributed by atoms with van der Waals surface area (Å²) in [6.07, 6.45) is 0.320. The molecule has 0 bridgehead atoms. The summed E-state index contributed by atoms with van der Waals surface area (Å²) in [5.41, 5.74) is -1.38. The summed E-state index contributed by atoms with van der Waals surface area (Å²) in [6.45, 7) is 1.16. The molecule has 1 heterocycles. The number of hydrogen-bond donors (Lipinski definition) is 4. The van der Waals surface area contributed by atoms with E-state index < -0.39 is 17.5 Å². The molecule has 1 fully saturated rings. The quantitative estimate of drug-likeness (QED) is 0.412. The fourth-order valence-electron chi connectivity index (χ4n) is 1.82. The van der Waals surface area contributed by atoms with Crippen molar-refractivity contribution in [2.24, 2.45) is 0 Å². The molecule has 21 heavy (non-hydrogen) atoms. The van der Waals surface area contributed by atoms with Crippen molar-refractivity contribution in [3.63, 3.8) is 0 Å². The van der Waals surface area contributed by atoms with Gasteiger partial charge in [-0.15, -0.1) is 0 Å². The Labute approximate surface area is 122 Å². The topological polar surface area (TPSA) is 126 Å². The van der Waals surface area contributed by atoms with E-state index >= 15 is 0 Å². The summed E-state index contributed by atoms with van der Waals surface area (Å²) in [7, 11) is 1.53. The summed E-state index contributed by atoms with van der Waals surface area (Å²) < 4.78 is 9.80. The molecular formula is C12H21N3O6. The number of ether oxygens (including phenoxy) is 2. The molecule has 0 aromatic heterocycles. The van der Waals surface area contributed by atoms with Crippen molar-refractivity contribution >= 4 is 17.9 Å². The number of urea groups is 1. The van der Waals surface area contributed by atoms with Gasteiger partial charge < -0.3 is 30.5 Å². The van der Waals surface area contributed by atoms with Crippen molar-refractivity contribution in [2.75, 3.05) is 40.0 Å². The lowest BCUT2D eigenvalue weighted by Crippen LogP contribution is -2.57. The molecule has 1 aliphatic rings. The third kappa shape index (κ3) is 5.56. The molecule has 0 radical (unpaired) electrons. The van der Waals surface area contributed by atoms with Crippen molar-refractivity contribution in [3.05, 3.63) is 0 Å². The van der Waals surface area contributed by atoms with Crippen LogP contribution in [-0.4, -0.2) is 68.6 Å². The van der Waals surface area contributed by atoms with Crippen LogP contribution in [0.4, 0.5) is 4.79 Å². The van der Waals surface area contributed by atoms with Crippen LogP contribution in [0.5, 0.6) is 0 Å². The van der Waals surface area contributed by atoms with Crippen LogP contribution < -0.4 is 16.0 Å². The summed E-state index contributed by atoms with van der Waals surface area (Å²) >= 11 is 0. The van der Waals surface area contributed by atoms with Crippen LogP contribution in [0.15, 0.2) is 0 Å². The Morgan fingerprint density at radius 3 is 2.62 bits per heavy atom. The van der Waals surface area contributed by atoms with Crippen LogP contribution in [-0.2, 0) is 19.1 Å². The molecule has 120 valence electrons. The third-order valence-electron chi connectivity index (χ3n) is 3.05. The van der Waals surface area contributed by atoms with E-state index in [1.165, 1.54) is 7.11 Å². The Bertz CT molecular complexity index is 381. The molecule has 3 amide bonds. The monoisotopic (exact) mass is 303 g/mol. The highest BCUT2D eigenvalue weighted by atomic mass is 16.5. The van der Waals surface area contributed by atoms with Gasteiger partial charge in [-0.3, -0.25) is 4.79 Å². The highest BCUT2D eigenvalue weighted by Gasteiger charge is 2.43. The number of carbonyl (C=O) groups is 3. The van der Waals surface area contributed by atoms with Gasteiger partial charge in [0.05, 0.1) is 13.2 Å². The van der Waals surface area contributed by atoms with E-state index in [2.05, 4.69) is 16.0 Å². The fourth-order valence-corrected chi connectivity index (χ4v) is 1.82. The molecule has 1 unspecified atom stereocenters. The first-order chi connectivity index (χ1) is 10.00. The molecule has 1 aliphatic heterocycles. The Morgan fingerprint density at radius 1 is 1.29 bits per heavy atom. The number of methoxy groups -OCH3 is 1. The SMILES string of the molecule is COCCNC(=O)CCNC(=O)NC1(C(=O)O)CCOC1. The van der Waals surface area contributed by atoms with E-state index in [1.54, 1.807) is 0 Å². The Balaban J connectivity index is 2.24. The van der Waals surface area contributed by atoms with E-state index in [1.807, 2.05) is 0 Å². The van der Waals surface area contributed by atoms with Gasteiger partial charge in [0.15, 0.2) is 5.54 Å². The first kappa shape index (κ1) is 17.2. The highest BCUT2D eigenvalue weighted by Crippen LogP contribution is 2.18. The molecule has 0 aliphatic carbocycles. The van der Waals surface area contributed by atoms with Gasteiger partial charge in [0.25, 0.3) is 0 Å². The maximum atomic E-state index is 11.7. The largest absolute Gasteiger partial charge is 0.479 e. The van der Waals surface area contributed by atoms with Gasteiger partial charge in [-0.25, -0.2) is 9.59 Å². The molecule has 1 rings (SSSR count). The van der Waals surface area contributed by atoms with E-state index in [4.69, 9.17) is 14.6 Å². The lowest BCUT2D eigenvalue weighted by atomic mass is 9.99. The Hall–Kier alpha value is -1.87. The fraction of sp³-hybridized carbons (Fsp3) is 0.750. The van der Waals surface area contributed by atoms with Crippen LogP contribution in [0.25, 0.3) is 0 Å². The lowest BCUT2D eigenvalue weighted by molar-refractivity contribution is -0.144. The van der Waals surface area contributed by atoms with Crippen LogP contribution in [0.2, 0.25) is 0 Å². The van der Waals surface area contributed by atoms with Gasteiger partial charge in [-0.05, 0) is 0 Å². The molecule has 9 heteroatoms. The average Bonchev–Trinajstić information content (AvgIpc) is 2.89. The van der Waals surface area contributed by atoms with Crippen molar-refractivity contribution in [1.82, 2.24) is 16.0 Å². The number of aliphatic carboxylic acids is 1. The molecule has 4 N–H and O–H groups in total. The first-order valence-corrected chi connectivity index (χ1v) is 6.63. The number of rotatable bonds is 8. The van der Waals surface area contributed by atoms with Gasteiger partial charge in [0.1, 0.15) is 0 Å². The van der Waals surface area contributed by atoms with Crippen LogP contribution >= 0.6 is 0 Å². The minimum absolute atomic E-state index is 0.0622. The second kappa shape index (κ2) is 8.42. The third-order valence-corrected chi connectivity index (χ3v) is 3.05. The number of nitrogens with one attached hydrogen (secondary N) is 3. The van der Waals surface area contributed by atoms with Gasteiger partial charge in [0.2, 0.25) is 5.91 Å². The van der Waals surface area contributed by atoms with E-state index in [-0.39, 0.29) is 38.5 Å². The maximum absolute atomic E-state index is 11.7. The number of carbonyl (C=O) groups excluding carboxylic acids is 2. The molecule has 0 aromatic carbocycles. The van der Waals surface area contributed by atoms with E-state index in [9.17, 15) is 14.4 Å². The van der Waals surface area contributed by atoms with Crippen molar-refractivity contribution < 1.29 is 29.0 Å². The summed E-state index contributed by atoms with van der Waals surface area (Å²) in [4.78, 5) is 34.2. The predicted octanol–water partition coefficient (Wildman–Crippen LogP) is -1.32. The molecule has 0 saturated carbocycles. The Morgan fingerprint density at radius 2 is 2.05 bits per heavy atom. The number of hydrogen-bond acceptors (Lipinski definition) is 5. The standard InChI is InChI=1S/C12H21N3O6/c1-20-7-5-13-9(16)2-4-14-11(19)15-12(10(17)18)3-6-21-8-12/h2-8H2,1H3,(H,13,16)(H,17,18)(H2,14,15,19). The summed E-state index contributed by atoms with van der Waals surface area (Å²) in [5, 5.41) is 16.6. The van der Waals surface area contributed by atoms with Crippen molar-refractivity contribution in [1.29, 1.82) is 0 Å². The Kier molecular flexibility index (Phi) is 6.89. The minimum atomic E-state index is -1.38. The smallest absolute Gasteiger partial charge is 0.332 e. The van der Waals surface area contributed by atoms with Crippen LogP contribution in [0, 0.1) is 0 Å². The second-order valence-corrected chi connectivity index (χ2v) is 4.66. The van der Waals surface area contributed by atoms with Crippen molar-refractivity contribution in [2.45, 2.75) is 18.4 Å².